The number of ether oxygens (including phenoxy) is 2. The predicted octanol–water partition coefficient (Wildman–Crippen LogP) is 4.11. The van der Waals surface area contributed by atoms with Crippen LogP contribution in [0.4, 0.5) is 0 Å². The summed E-state index contributed by atoms with van der Waals surface area (Å²) in [7, 11) is 0. The fourth-order valence-electron chi connectivity index (χ4n) is 1.72. The number of epoxide rings is 1. The monoisotopic (exact) mass is 274 g/mol. The van der Waals surface area contributed by atoms with Crippen LogP contribution >= 0.6 is 23.2 Å². The number of hydrogen-bond acceptors (Lipinski definition) is 2. The van der Waals surface area contributed by atoms with Crippen molar-refractivity contribution in [2.75, 3.05) is 13.2 Å². The second-order valence-corrected chi connectivity index (χ2v) is 5.06. The first-order valence-electron chi connectivity index (χ1n) is 5.93. The van der Waals surface area contributed by atoms with Crippen LogP contribution in [0.5, 0.6) is 5.75 Å². The number of benzene rings is 1. The molecule has 1 atom stereocenters. The van der Waals surface area contributed by atoms with Crippen LogP contribution in [0, 0.1) is 0 Å². The fourth-order valence-corrected chi connectivity index (χ4v) is 2.31. The molecule has 1 aromatic rings. The van der Waals surface area contributed by atoms with Gasteiger partial charge in [0.05, 0.1) is 24.3 Å². The molecule has 0 spiro atoms. The Morgan fingerprint density at radius 1 is 1.41 bits per heavy atom. The van der Waals surface area contributed by atoms with Gasteiger partial charge >= 0.3 is 0 Å². The van der Waals surface area contributed by atoms with Crippen molar-refractivity contribution in [2.45, 2.75) is 32.3 Å². The van der Waals surface area contributed by atoms with E-state index >= 15 is 0 Å². The van der Waals surface area contributed by atoms with Crippen LogP contribution in [0.25, 0.3) is 0 Å². The zero-order valence-corrected chi connectivity index (χ0v) is 11.4. The Bertz CT molecular complexity index is 389. The molecule has 17 heavy (non-hydrogen) atoms. The van der Waals surface area contributed by atoms with E-state index in [2.05, 4.69) is 6.92 Å². The first-order valence-corrected chi connectivity index (χ1v) is 6.68. The molecule has 0 radical (unpaired) electrons. The van der Waals surface area contributed by atoms with Gasteiger partial charge in [0.15, 0.2) is 0 Å². The van der Waals surface area contributed by atoms with Gasteiger partial charge in [0.25, 0.3) is 0 Å². The van der Waals surface area contributed by atoms with E-state index in [0.717, 1.165) is 37.2 Å². The van der Waals surface area contributed by atoms with E-state index in [1.54, 1.807) is 6.07 Å². The van der Waals surface area contributed by atoms with Crippen molar-refractivity contribution in [2.24, 2.45) is 0 Å². The van der Waals surface area contributed by atoms with Crippen LogP contribution in [-0.4, -0.2) is 19.3 Å². The molecule has 2 rings (SSSR count). The highest BCUT2D eigenvalue weighted by Gasteiger charge is 2.23. The lowest BCUT2D eigenvalue weighted by Gasteiger charge is -2.13. The van der Waals surface area contributed by atoms with Gasteiger partial charge in [-0.25, -0.2) is 0 Å². The van der Waals surface area contributed by atoms with Gasteiger partial charge < -0.3 is 9.47 Å². The van der Waals surface area contributed by atoms with Crippen molar-refractivity contribution in [1.82, 2.24) is 0 Å². The summed E-state index contributed by atoms with van der Waals surface area (Å²) in [4.78, 5) is 0. The van der Waals surface area contributed by atoms with Gasteiger partial charge in [-0.3, -0.25) is 0 Å². The molecule has 0 bridgehead atoms. The van der Waals surface area contributed by atoms with Crippen LogP contribution in [0.2, 0.25) is 10.0 Å². The number of rotatable bonds is 6. The van der Waals surface area contributed by atoms with Gasteiger partial charge in [0.1, 0.15) is 5.75 Å². The average Bonchev–Trinajstić information content (AvgIpc) is 3.08. The van der Waals surface area contributed by atoms with Crippen molar-refractivity contribution in [1.29, 1.82) is 0 Å². The van der Waals surface area contributed by atoms with E-state index in [0.29, 0.717) is 22.8 Å². The number of halogens is 2. The highest BCUT2D eigenvalue weighted by molar-refractivity contribution is 6.35. The molecule has 1 heterocycles. The quantitative estimate of drug-likeness (QED) is 0.728. The normalized spacial score (nSPS) is 18.2. The minimum atomic E-state index is 0.409. The lowest BCUT2D eigenvalue weighted by molar-refractivity contribution is 0.313. The topological polar surface area (TPSA) is 21.8 Å². The van der Waals surface area contributed by atoms with Gasteiger partial charge in [-0.1, -0.05) is 30.1 Å². The van der Waals surface area contributed by atoms with Crippen LogP contribution in [0.1, 0.15) is 25.3 Å². The van der Waals surface area contributed by atoms with E-state index in [4.69, 9.17) is 32.7 Å². The highest BCUT2D eigenvalue weighted by atomic mass is 35.5. The maximum absolute atomic E-state index is 6.16. The van der Waals surface area contributed by atoms with E-state index in [1.165, 1.54) is 0 Å². The molecule has 1 unspecified atom stereocenters. The van der Waals surface area contributed by atoms with Crippen LogP contribution < -0.4 is 4.74 Å². The molecule has 0 amide bonds. The standard InChI is InChI=1S/C13H16Cl2O2/c1-2-5-16-13-9(3-4-11-8-17-11)6-10(14)7-12(13)15/h6-7,11H,2-5,8H2,1H3. The largest absolute Gasteiger partial charge is 0.492 e. The number of aryl methyl sites for hydroxylation is 1. The van der Waals surface area contributed by atoms with Gasteiger partial charge in [-0.05, 0) is 37.0 Å². The SMILES string of the molecule is CCCOc1c(Cl)cc(Cl)cc1CCC1CO1. The Hall–Kier alpha value is -0.440. The molecule has 1 aromatic carbocycles. The summed E-state index contributed by atoms with van der Waals surface area (Å²) in [5, 5.41) is 1.25. The Morgan fingerprint density at radius 2 is 2.18 bits per heavy atom. The first-order chi connectivity index (χ1) is 8.20. The van der Waals surface area contributed by atoms with Crippen molar-refractivity contribution < 1.29 is 9.47 Å². The smallest absolute Gasteiger partial charge is 0.141 e. The Balaban J connectivity index is 2.12. The van der Waals surface area contributed by atoms with Gasteiger partial charge in [-0.15, -0.1) is 0 Å². The van der Waals surface area contributed by atoms with Crippen molar-refractivity contribution in [3.05, 3.63) is 27.7 Å². The third kappa shape index (κ3) is 3.77. The van der Waals surface area contributed by atoms with E-state index in [-0.39, 0.29) is 0 Å². The molecule has 1 fully saturated rings. The van der Waals surface area contributed by atoms with Crippen molar-refractivity contribution in [3.8, 4) is 5.75 Å². The van der Waals surface area contributed by atoms with Crippen molar-refractivity contribution in [3.63, 3.8) is 0 Å². The summed E-state index contributed by atoms with van der Waals surface area (Å²) in [6.45, 7) is 3.62. The van der Waals surface area contributed by atoms with Crippen LogP contribution in [-0.2, 0) is 11.2 Å². The summed E-state index contributed by atoms with van der Waals surface area (Å²) in [6.07, 6.45) is 3.26. The Labute approximate surface area is 112 Å². The minimum absolute atomic E-state index is 0.409. The van der Waals surface area contributed by atoms with E-state index < -0.39 is 0 Å². The van der Waals surface area contributed by atoms with Gasteiger partial charge in [-0.2, -0.15) is 0 Å². The second kappa shape index (κ2) is 5.94. The molecule has 1 saturated heterocycles. The maximum Gasteiger partial charge on any atom is 0.141 e. The maximum atomic E-state index is 6.16. The van der Waals surface area contributed by atoms with Crippen LogP contribution in [0.3, 0.4) is 0 Å². The third-order valence-corrected chi connectivity index (χ3v) is 3.17. The Kier molecular flexibility index (Phi) is 4.55. The molecule has 94 valence electrons. The van der Waals surface area contributed by atoms with E-state index in [1.807, 2.05) is 6.07 Å². The summed E-state index contributed by atoms with van der Waals surface area (Å²) in [5.41, 5.74) is 1.08. The molecule has 0 saturated carbocycles. The number of hydrogen-bond donors (Lipinski definition) is 0. The van der Waals surface area contributed by atoms with Gasteiger partial charge in [0.2, 0.25) is 0 Å². The zero-order valence-electron chi connectivity index (χ0n) is 9.84. The van der Waals surface area contributed by atoms with E-state index in [9.17, 15) is 0 Å². The third-order valence-electron chi connectivity index (χ3n) is 2.67. The lowest BCUT2D eigenvalue weighted by atomic mass is 10.1. The molecule has 1 aliphatic rings. The summed E-state index contributed by atoms with van der Waals surface area (Å²) < 4.78 is 10.9. The fraction of sp³-hybridized carbons (Fsp3) is 0.538. The molecule has 0 aliphatic carbocycles. The summed E-state index contributed by atoms with van der Waals surface area (Å²) >= 11 is 12.2. The van der Waals surface area contributed by atoms with Gasteiger partial charge in [0, 0.05) is 5.02 Å². The van der Waals surface area contributed by atoms with Crippen LogP contribution in [0.15, 0.2) is 12.1 Å². The minimum Gasteiger partial charge on any atom is -0.492 e. The summed E-state index contributed by atoms with van der Waals surface area (Å²) in [6, 6.07) is 3.66. The average molecular weight is 275 g/mol. The lowest BCUT2D eigenvalue weighted by Crippen LogP contribution is -2.01. The molecule has 4 heteroatoms. The molecule has 1 aliphatic heterocycles. The van der Waals surface area contributed by atoms with Crippen molar-refractivity contribution >= 4 is 23.2 Å². The highest BCUT2D eigenvalue weighted by Crippen LogP contribution is 2.34. The zero-order chi connectivity index (χ0) is 12.3. The Morgan fingerprint density at radius 3 is 2.82 bits per heavy atom. The second-order valence-electron chi connectivity index (χ2n) is 4.22. The molecule has 0 N–H and O–H groups in total. The molecule has 2 nitrogen and oxygen atoms in total. The molecule has 0 aromatic heterocycles. The first kappa shape index (κ1) is 13.0. The summed E-state index contributed by atoms with van der Waals surface area (Å²) in [5.74, 6) is 0.776. The molecular formula is C13H16Cl2O2. The predicted molar refractivity (Wildman–Crippen MR) is 70.3 cm³/mol. The molecular weight excluding hydrogens is 259 g/mol.